The van der Waals surface area contributed by atoms with E-state index >= 15 is 0 Å². The average molecular weight is 495 g/mol. The minimum atomic E-state index is -4.69. The number of nitrogens with zero attached hydrogens (tertiary/aromatic N) is 3. The topological polar surface area (TPSA) is 67.3 Å². The maximum Gasteiger partial charge on any atom is 0.416 e. The normalized spacial score (nSPS) is 11.3. The lowest BCUT2D eigenvalue weighted by molar-refractivity contribution is -0.137. The van der Waals surface area contributed by atoms with E-state index in [4.69, 9.17) is 4.74 Å². The van der Waals surface area contributed by atoms with E-state index in [2.05, 4.69) is 15.3 Å². The maximum absolute atomic E-state index is 13.8. The van der Waals surface area contributed by atoms with Crippen LogP contribution in [0.25, 0.3) is 0 Å². The molecule has 0 radical (unpaired) electrons. The van der Waals surface area contributed by atoms with Crippen molar-refractivity contribution in [3.63, 3.8) is 0 Å². The Kier molecular flexibility index (Phi) is 7.98. The number of halogens is 4. The predicted molar refractivity (Wildman–Crippen MR) is 122 cm³/mol. The number of ether oxygens (including phenoxy) is 1. The molecule has 0 atom stereocenters. The molecule has 0 aliphatic rings. The van der Waals surface area contributed by atoms with Gasteiger partial charge in [0, 0.05) is 26.4 Å². The molecule has 0 unspecified atom stereocenters. The number of hydrogen-bond donors (Lipinski definition) is 1. The highest BCUT2D eigenvalue weighted by molar-refractivity contribution is 7.98. The van der Waals surface area contributed by atoms with Crippen LogP contribution in [0.5, 0.6) is 0 Å². The molecule has 34 heavy (non-hydrogen) atoms. The SMILES string of the molecule is COC(=O)c1c(NCc2cc(F)cc(C(F)(F)F)c2)nc(N(C)C)nc1SCc1ccccc1. The van der Waals surface area contributed by atoms with E-state index < -0.39 is 23.5 Å². The van der Waals surface area contributed by atoms with Crippen LogP contribution in [0.4, 0.5) is 29.3 Å². The van der Waals surface area contributed by atoms with E-state index in [-0.39, 0.29) is 29.4 Å². The lowest BCUT2D eigenvalue weighted by atomic mass is 10.1. The first-order chi connectivity index (χ1) is 16.1. The van der Waals surface area contributed by atoms with Crippen molar-refractivity contribution in [2.75, 3.05) is 31.4 Å². The molecule has 180 valence electrons. The number of alkyl halides is 3. The lowest BCUT2D eigenvalue weighted by Crippen LogP contribution is -2.19. The van der Waals surface area contributed by atoms with Gasteiger partial charge in [-0.15, -0.1) is 11.8 Å². The van der Waals surface area contributed by atoms with E-state index in [9.17, 15) is 22.4 Å². The standard InChI is InChI=1S/C23H22F4N4O2S/c1-31(2)22-29-19(28-12-15-9-16(23(25,26)27)11-17(24)10-15)18(21(32)33-3)20(30-22)34-13-14-7-5-4-6-8-14/h4-11H,12-13H2,1-3H3,(H,28,29,30). The second kappa shape index (κ2) is 10.7. The quantitative estimate of drug-likeness (QED) is 0.195. The number of carbonyl (C=O) groups excluding carboxylic acids is 1. The van der Waals surface area contributed by atoms with E-state index in [1.807, 2.05) is 30.3 Å². The first kappa shape index (κ1) is 25.3. The summed E-state index contributed by atoms with van der Waals surface area (Å²) in [6, 6.07) is 11.8. The summed E-state index contributed by atoms with van der Waals surface area (Å²) in [5, 5.41) is 3.20. The first-order valence-corrected chi connectivity index (χ1v) is 11.0. The monoisotopic (exact) mass is 494 g/mol. The molecule has 0 saturated carbocycles. The molecule has 1 N–H and O–H groups in total. The van der Waals surface area contributed by atoms with Gasteiger partial charge in [0.1, 0.15) is 22.2 Å². The molecule has 11 heteroatoms. The number of methoxy groups -OCH3 is 1. The van der Waals surface area contributed by atoms with Crippen LogP contribution in [0, 0.1) is 5.82 Å². The average Bonchev–Trinajstić information content (AvgIpc) is 2.80. The van der Waals surface area contributed by atoms with Gasteiger partial charge >= 0.3 is 12.1 Å². The Morgan fingerprint density at radius 2 is 1.79 bits per heavy atom. The summed E-state index contributed by atoms with van der Waals surface area (Å²) in [6.45, 7) is -0.211. The molecule has 1 aromatic heterocycles. The molecule has 6 nitrogen and oxygen atoms in total. The third kappa shape index (κ3) is 6.37. The van der Waals surface area contributed by atoms with Crippen molar-refractivity contribution in [3.05, 3.63) is 76.6 Å². The van der Waals surface area contributed by atoms with Gasteiger partial charge in [0.2, 0.25) is 5.95 Å². The van der Waals surface area contributed by atoms with E-state index in [0.717, 1.165) is 17.7 Å². The highest BCUT2D eigenvalue weighted by atomic mass is 32.2. The third-order valence-electron chi connectivity index (χ3n) is 4.62. The van der Waals surface area contributed by atoms with Gasteiger partial charge in [0.05, 0.1) is 12.7 Å². The van der Waals surface area contributed by atoms with Crippen LogP contribution in [0.15, 0.2) is 53.6 Å². The van der Waals surface area contributed by atoms with Crippen molar-refractivity contribution in [3.8, 4) is 0 Å². The summed E-state index contributed by atoms with van der Waals surface area (Å²) in [4.78, 5) is 23.0. The molecule has 0 spiro atoms. The molecule has 1 heterocycles. The Bertz CT molecular complexity index is 1160. The van der Waals surface area contributed by atoms with Gasteiger partial charge in [-0.2, -0.15) is 18.2 Å². The molecule has 0 fully saturated rings. The Balaban J connectivity index is 1.97. The first-order valence-electron chi connectivity index (χ1n) is 10.0. The summed E-state index contributed by atoms with van der Waals surface area (Å²) in [7, 11) is 4.63. The van der Waals surface area contributed by atoms with Crippen LogP contribution < -0.4 is 10.2 Å². The highest BCUT2D eigenvalue weighted by Gasteiger charge is 2.31. The zero-order chi connectivity index (χ0) is 24.9. The van der Waals surface area contributed by atoms with Crippen LogP contribution in [-0.4, -0.2) is 37.1 Å². The molecule has 0 bridgehead atoms. The molecular formula is C23H22F4N4O2S. The van der Waals surface area contributed by atoms with Gasteiger partial charge in [-0.3, -0.25) is 0 Å². The molecular weight excluding hydrogens is 472 g/mol. The van der Waals surface area contributed by atoms with Crippen LogP contribution in [0.2, 0.25) is 0 Å². The number of esters is 1. The highest BCUT2D eigenvalue weighted by Crippen LogP contribution is 2.33. The fraction of sp³-hybridized carbons (Fsp3) is 0.261. The minimum Gasteiger partial charge on any atom is -0.465 e. The molecule has 0 saturated heterocycles. The number of benzene rings is 2. The molecule has 3 aromatic rings. The number of aromatic nitrogens is 2. The second-order valence-electron chi connectivity index (χ2n) is 7.41. The van der Waals surface area contributed by atoms with Crippen molar-refractivity contribution < 1.29 is 27.1 Å². The van der Waals surface area contributed by atoms with Gasteiger partial charge in [0.15, 0.2) is 0 Å². The molecule has 3 rings (SSSR count). The van der Waals surface area contributed by atoms with Crippen LogP contribution >= 0.6 is 11.8 Å². The summed E-state index contributed by atoms with van der Waals surface area (Å²) >= 11 is 1.29. The Hall–Kier alpha value is -3.34. The van der Waals surface area contributed by atoms with Gasteiger partial charge < -0.3 is 15.0 Å². The summed E-state index contributed by atoms with van der Waals surface area (Å²) in [5.74, 6) is -0.874. The Morgan fingerprint density at radius 1 is 1.09 bits per heavy atom. The third-order valence-corrected chi connectivity index (χ3v) is 5.66. The number of anilines is 2. The largest absolute Gasteiger partial charge is 0.465 e. The van der Waals surface area contributed by atoms with Crippen LogP contribution in [0.3, 0.4) is 0 Å². The second-order valence-corrected chi connectivity index (χ2v) is 8.38. The lowest BCUT2D eigenvalue weighted by Gasteiger charge is -2.18. The van der Waals surface area contributed by atoms with Gasteiger partial charge in [-0.05, 0) is 29.3 Å². The Labute approximate surface area is 198 Å². The number of carbonyl (C=O) groups is 1. The van der Waals surface area contributed by atoms with Crippen molar-refractivity contribution in [1.29, 1.82) is 0 Å². The Morgan fingerprint density at radius 3 is 2.41 bits per heavy atom. The summed E-state index contributed by atoms with van der Waals surface area (Å²) in [5.41, 5.74) is -0.0244. The van der Waals surface area contributed by atoms with Gasteiger partial charge in [0.25, 0.3) is 0 Å². The van der Waals surface area contributed by atoms with E-state index in [1.165, 1.54) is 18.9 Å². The van der Waals surface area contributed by atoms with E-state index in [0.29, 0.717) is 16.8 Å². The zero-order valence-electron chi connectivity index (χ0n) is 18.6. The smallest absolute Gasteiger partial charge is 0.416 e. The predicted octanol–water partition coefficient (Wildman–Crippen LogP) is 5.39. The van der Waals surface area contributed by atoms with Crippen LogP contribution in [0.1, 0.15) is 27.0 Å². The fourth-order valence-electron chi connectivity index (χ4n) is 2.98. The molecule has 0 aliphatic heterocycles. The fourth-order valence-corrected chi connectivity index (χ4v) is 3.94. The number of thioether (sulfide) groups is 1. The number of hydrogen-bond acceptors (Lipinski definition) is 7. The molecule has 0 amide bonds. The summed E-state index contributed by atoms with van der Waals surface area (Å²) in [6.07, 6.45) is -4.69. The van der Waals surface area contributed by atoms with Crippen LogP contribution in [-0.2, 0) is 23.2 Å². The van der Waals surface area contributed by atoms with Gasteiger partial charge in [-0.1, -0.05) is 30.3 Å². The number of rotatable bonds is 8. The van der Waals surface area contributed by atoms with Crippen molar-refractivity contribution >= 4 is 29.5 Å². The minimum absolute atomic E-state index is 0.0339. The van der Waals surface area contributed by atoms with E-state index in [1.54, 1.807) is 19.0 Å². The van der Waals surface area contributed by atoms with Crippen molar-refractivity contribution in [2.24, 2.45) is 0 Å². The summed E-state index contributed by atoms with van der Waals surface area (Å²) < 4.78 is 57.9. The number of nitrogens with one attached hydrogen (secondary N) is 1. The van der Waals surface area contributed by atoms with Crippen molar-refractivity contribution in [1.82, 2.24) is 9.97 Å². The molecule has 2 aromatic carbocycles. The van der Waals surface area contributed by atoms with Crippen molar-refractivity contribution in [2.45, 2.75) is 23.5 Å². The molecule has 0 aliphatic carbocycles. The van der Waals surface area contributed by atoms with Gasteiger partial charge in [-0.25, -0.2) is 14.2 Å². The maximum atomic E-state index is 13.8. The zero-order valence-corrected chi connectivity index (χ0v) is 19.4.